The quantitative estimate of drug-likeness (QED) is 0.665. The van der Waals surface area contributed by atoms with Crippen molar-refractivity contribution >= 4 is 17.4 Å². The van der Waals surface area contributed by atoms with Gasteiger partial charge in [-0.15, -0.1) is 0 Å². The van der Waals surface area contributed by atoms with Gasteiger partial charge in [-0.1, -0.05) is 12.1 Å². The van der Waals surface area contributed by atoms with Crippen LogP contribution in [0.2, 0.25) is 0 Å². The van der Waals surface area contributed by atoms with Crippen LogP contribution in [0, 0.1) is 0 Å². The van der Waals surface area contributed by atoms with Gasteiger partial charge >= 0.3 is 0 Å². The van der Waals surface area contributed by atoms with E-state index >= 15 is 0 Å². The minimum absolute atomic E-state index is 0.196. The smallest absolute Gasteiger partial charge is 0.255 e. The van der Waals surface area contributed by atoms with Crippen LogP contribution in [0.1, 0.15) is 15.9 Å². The molecule has 0 saturated carbocycles. The van der Waals surface area contributed by atoms with Crippen molar-refractivity contribution in [3.8, 4) is 11.5 Å². The molecular weight excluding hydrogens is 342 g/mol. The summed E-state index contributed by atoms with van der Waals surface area (Å²) < 4.78 is 10.2. The number of aromatic nitrogens is 1. The molecule has 6 heteroatoms. The third-order valence-corrected chi connectivity index (χ3v) is 4.01. The SMILES string of the molecule is COc1ccc(CNc2ccc(NC(=O)c3ccc(OC)cc3)cn2)cc1. The van der Waals surface area contributed by atoms with Gasteiger partial charge in [0.1, 0.15) is 17.3 Å². The summed E-state index contributed by atoms with van der Waals surface area (Å²) in [6, 6.07) is 18.4. The number of hydrogen-bond acceptors (Lipinski definition) is 5. The monoisotopic (exact) mass is 363 g/mol. The van der Waals surface area contributed by atoms with Crippen molar-refractivity contribution < 1.29 is 14.3 Å². The maximum Gasteiger partial charge on any atom is 0.255 e. The fourth-order valence-electron chi connectivity index (χ4n) is 2.45. The molecule has 0 bridgehead atoms. The maximum absolute atomic E-state index is 12.3. The number of nitrogens with one attached hydrogen (secondary N) is 2. The number of amides is 1. The van der Waals surface area contributed by atoms with E-state index in [9.17, 15) is 4.79 Å². The molecule has 2 aromatic carbocycles. The minimum Gasteiger partial charge on any atom is -0.497 e. The average molecular weight is 363 g/mol. The highest BCUT2D eigenvalue weighted by Gasteiger charge is 2.06. The summed E-state index contributed by atoms with van der Waals surface area (Å²) in [5.74, 6) is 2.07. The molecule has 0 spiro atoms. The topological polar surface area (TPSA) is 72.5 Å². The van der Waals surface area contributed by atoms with E-state index in [-0.39, 0.29) is 5.91 Å². The normalized spacial score (nSPS) is 10.1. The lowest BCUT2D eigenvalue weighted by Gasteiger charge is -2.09. The molecule has 27 heavy (non-hydrogen) atoms. The fraction of sp³-hybridized carbons (Fsp3) is 0.143. The zero-order chi connectivity index (χ0) is 19.1. The molecule has 6 nitrogen and oxygen atoms in total. The van der Waals surface area contributed by atoms with E-state index in [1.807, 2.05) is 36.4 Å². The number of ether oxygens (including phenoxy) is 2. The summed E-state index contributed by atoms with van der Waals surface area (Å²) in [5.41, 5.74) is 2.30. The van der Waals surface area contributed by atoms with Crippen LogP contribution >= 0.6 is 0 Å². The van der Waals surface area contributed by atoms with Gasteiger partial charge in [-0.05, 0) is 54.1 Å². The Bertz CT molecular complexity index is 876. The lowest BCUT2D eigenvalue weighted by molar-refractivity contribution is 0.102. The molecule has 3 rings (SSSR count). The molecule has 1 heterocycles. The van der Waals surface area contributed by atoms with Crippen molar-refractivity contribution in [2.45, 2.75) is 6.54 Å². The van der Waals surface area contributed by atoms with Crippen LogP contribution < -0.4 is 20.1 Å². The number of hydrogen-bond donors (Lipinski definition) is 2. The summed E-state index contributed by atoms with van der Waals surface area (Å²) in [6.45, 7) is 0.647. The standard InChI is InChI=1S/C21H21N3O3/c1-26-18-8-3-15(4-9-18)13-22-20-12-7-17(14-23-20)24-21(25)16-5-10-19(27-2)11-6-16/h3-12,14H,13H2,1-2H3,(H,22,23)(H,24,25). The highest BCUT2D eigenvalue weighted by Crippen LogP contribution is 2.16. The summed E-state index contributed by atoms with van der Waals surface area (Å²) in [4.78, 5) is 16.6. The largest absolute Gasteiger partial charge is 0.497 e. The number of anilines is 2. The van der Waals surface area contributed by atoms with E-state index in [0.29, 0.717) is 23.5 Å². The molecule has 0 saturated heterocycles. The van der Waals surface area contributed by atoms with Gasteiger partial charge in [0.05, 0.1) is 26.1 Å². The van der Waals surface area contributed by atoms with Crippen molar-refractivity contribution in [3.63, 3.8) is 0 Å². The van der Waals surface area contributed by atoms with Crippen molar-refractivity contribution in [2.24, 2.45) is 0 Å². The molecule has 0 aliphatic rings. The maximum atomic E-state index is 12.3. The number of rotatable bonds is 7. The third-order valence-electron chi connectivity index (χ3n) is 4.01. The Labute approximate surface area is 158 Å². The Balaban J connectivity index is 1.55. The van der Waals surface area contributed by atoms with Crippen LogP contribution in [0.4, 0.5) is 11.5 Å². The van der Waals surface area contributed by atoms with Crippen molar-refractivity contribution in [1.82, 2.24) is 4.98 Å². The minimum atomic E-state index is -0.196. The van der Waals surface area contributed by atoms with Gasteiger partial charge in [0, 0.05) is 12.1 Å². The Morgan fingerprint density at radius 1 is 0.889 bits per heavy atom. The molecule has 0 fully saturated rings. The number of carbonyl (C=O) groups excluding carboxylic acids is 1. The van der Waals surface area contributed by atoms with Crippen LogP contribution in [-0.2, 0) is 6.54 Å². The first-order valence-corrected chi connectivity index (χ1v) is 8.46. The van der Waals surface area contributed by atoms with Gasteiger partial charge in [-0.25, -0.2) is 4.98 Å². The summed E-state index contributed by atoms with van der Waals surface area (Å²) in [5, 5.41) is 6.07. The molecular formula is C21H21N3O3. The van der Waals surface area contributed by atoms with E-state index in [1.54, 1.807) is 44.7 Å². The lowest BCUT2D eigenvalue weighted by atomic mass is 10.2. The Hall–Kier alpha value is -3.54. The van der Waals surface area contributed by atoms with E-state index in [2.05, 4.69) is 15.6 Å². The predicted molar refractivity (Wildman–Crippen MR) is 106 cm³/mol. The first-order valence-electron chi connectivity index (χ1n) is 8.46. The molecule has 0 aliphatic carbocycles. The van der Waals surface area contributed by atoms with E-state index in [0.717, 1.165) is 17.1 Å². The van der Waals surface area contributed by atoms with Crippen molar-refractivity contribution in [1.29, 1.82) is 0 Å². The van der Waals surface area contributed by atoms with Crippen molar-refractivity contribution in [3.05, 3.63) is 78.0 Å². The van der Waals surface area contributed by atoms with Gasteiger partial charge in [0.2, 0.25) is 0 Å². The first kappa shape index (κ1) is 18.3. The number of nitrogens with zero attached hydrogens (tertiary/aromatic N) is 1. The van der Waals surface area contributed by atoms with Gasteiger partial charge < -0.3 is 20.1 Å². The molecule has 138 valence electrons. The van der Waals surface area contributed by atoms with Crippen LogP contribution in [0.25, 0.3) is 0 Å². The van der Waals surface area contributed by atoms with Crippen molar-refractivity contribution in [2.75, 3.05) is 24.9 Å². The Morgan fingerprint density at radius 2 is 1.52 bits per heavy atom. The van der Waals surface area contributed by atoms with Gasteiger partial charge in [-0.2, -0.15) is 0 Å². The van der Waals surface area contributed by atoms with E-state index in [1.165, 1.54) is 0 Å². The number of carbonyl (C=O) groups is 1. The van der Waals surface area contributed by atoms with Crippen LogP contribution in [0.3, 0.4) is 0 Å². The molecule has 0 unspecified atom stereocenters. The molecule has 0 radical (unpaired) electrons. The van der Waals surface area contributed by atoms with Crippen LogP contribution in [0.15, 0.2) is 66.9 Å². The molecule has 3 aromatic rings. The second kappa shape index (κ2) is 8.71. The number of pyridine rings is 1. The second-order valence-electron chi connectivity index (χ2n) is 5.82. The predicted octanol–water partition coefficient (Wildman–Crippen LogP) is 3.96. The summed E-state index contributed by atoms with van der Waals surface area (Å²) in [6.07, 6.45) is 1.62. The van der Waals surface area contributed by atoms with E-state index in [4.69, 9.17) is 9.47 Å². The lowest BCUT2D eigenvalue weighted by Crippen LogP contribution is -2.12. The van der Waals surface area contributed by atoms with Crippen LogP contribution in [-0.4, -0.2) is 25.1 Å². The van der Waals surface area contributed by atoms with Gasteiger partial charge in [-0.3, -0.25) is 4.79 Å². The second-order valence-corrected chi connectivity index (χ2v) is 5.82. The molecule has 0 aliphatic heterocycles. The Morgan fingerprint density at radius 3 is 2.07 bits per heavy atom. The number of benzene rings is 2. The molecule has 1 amide bonds. The van der Waals surface area contributed by atoms with Gasteiger partial charge in [0.25, 0.3) is 5.91 Å². The highest BCUT2D eigenvalue weighted by atomic mass is 16.5. The third kappa shape index (κ3) is 4.98. The Kier molecular flexibility index (Phi) is 5.89. The molecule has 2 N–H and O–H groups in total. The molecule has 1 aromatic heterocycles. The number of methoxy groups -OCH3 is 2. The zero-order valence-corrected chi connectivity index (χ0v) is 15.2. The first-order chi connectivity index (χ1) is 13.2. The average Bonchev–Trinajstić information content (AvgIpc) is 2.73. The summed E-state index contributed by atoms with van der Waals surface area (Å²) in [7, 11) is 3.23. The molecule has 0 atom stereocenters. The van der Waals surface area contributed by atoms with E-state index < -0.39 is 0 Å². The summed E-state index contributed by atoms with van der Waals surface area (Å²) >= 11 is 0. The van der Waals surface area contributed by atoms with Gasteiger partial charge in [0.15, 0.2) is 0 Å². The van der Waals surface area contributed by atoms with Crippen LogP contribution in [0.5, 0.6) is 11.5 Å². The fourth-order valence-corrected chi connectivity index (χ4v) is 2.45. The highest BCUT2D eigenvalue weighted by molar-refractivity contribution is 6.04. The zero-order valence-electron chi connectivity index (χ0n) is 15.2.